The monoisotopic (exact) mass is 428 g/mol. The summed E-state index contributed by atoms with van der Waals surface area (Å²) < 4.78 is 0. The Bertz CT molecular complexity index is 716. The van der Waals surface area contributed by atoms with Gasteiger partial charge in [-0.3, -0.25) is 4.90 Å². The number of hydrogen-bond donors (Lipinski definition) is 3. The number of benzene rings is 1. The summed E-state index contributed by atoms with van der Waals surface area (Å²) in [6.45, 7) is 10.7. The van der Waals surface area contributed by atoms with Crippen molar-refractivity contribution in [2.75, 3.05) is 44.6 Å². The molecule has 2 aliphatic heterocycles. The van der Waals surface area contributed by atoms with Gasteiger partial charge < -0.3 is 20.9 Å². The van der Waals surface area contributed by atoms with Crippen LogP contribution in [0.1, 0.15) is 57.9 Å². The second kappa shape index (κ2) is 12.5. The molecule has 0 radical (unpaired) electrons. The first-order valence-electron chi connectivity index (χ1n) is 12.1. The maximum Gasteiger partial charge on any atom is 0.321 e. The second-order valence-electron chi connectivity index (χ2n) is 8.54. The Morgan fingerprint density at radius 3 is 2.68 bits per heavy atom. The maximum atomic E-state index is 12.3. The summed E-state index contributed by atoms with van der Waals surface area (Å²) in [5.74, 6) is 0.846. The molecule has 2 saturated heterocycles. The summed E-state index contributed by atoms with van der Waals surface area (Å²) in [6, 6.07) is 8.71. The normalized spacial score (nSPS) is 20.0. The molecule has 1 unspecified atom stereocenters. The van der Waals surface area contributed by atoms with Crippen molar-refractivity contribution in [3.05, 3.63) is 29.8 Å². The van der Waals surface area contributed by atoms with Crippen LogP contribution in [-0.4, -0.2) is 67.1 Å². The molecule has 2 aliphatic rings. The molecule has 3 N–H and O–H groups in total. The van der Waals surface area contributed by atoms with Crippen molar-refractivity contribution < 1.29 is 4.79 Å². The number of aliphatic imine (C=N–C) groups is 1. The predicted octanol–water partition coefficient (Wildman–Crippen LogP) is 3.63. The molecule has 1 aromatic rings. The van der Waals surface area contributed by atoms with Gasteiger partial charge in [0.1, 0.15) is 0 Å². The molecule has 2 amide bonds. The first-order chi connectivity index (χ1) is 15.2. The summed E-state index contributed by atoms with van der Waals surface area (Å²) >= 11 is 0. The van der Waals surface area contributed by atoms with Crippen LogP contribution in [0.4, 0.5) is 10.5 Å². The fourth-order valence-electron chi connectivity index (χ4n) is 4.52. The van der Waals surface area contributed by atoms with Gasteiger partial charge in [0.05, 0.1) is 6.54 Å². The molecule has 7 heteroatoms. The maximum absolute atomic E-state index is 12.3. The third-order valence-electron chi connectivity index (χ3n) is 6.25. The molecule has 2 fully saturated rings. The van der Waals surface area contributed by atoms with Gasteiger partial charge >= 0.3 is 6.03 Å². The minimum absolute atomic E-state index is 0.00347. The molecule has 1 atom stereocenters. The lowest BCUT2D eigenvalue weighted by molar-refractivity contribution is 0.147. The number of urea groups is 1. The van der Waals surface area contributed by atoms with Crippen LogP contribution in [0.5, 0.6) is 0 Å². The molecule has 7 nitrogen and oxygen atoms in total. The highest BCUT2D eigenvalue weighted by atomic mass is 16.2. The molecule has 3 rings (SSSR count). The van der Waals surface area contributed by atoms with Crippen LogP contribution in [0, 0.1) is 0 Å². The van der Waals surface area contributed by atoms with E-state index in [-0.39, 0.29) is 6.03 Å². The Hall–Kier alpha value is -2.28. The van der Waals surface area contributed by atoms with Gasteiger partial charge in [-0.1, -0.05) is 25.5 Å². The van der Waals surface area contributed by atoms with Crippen molar-refractivity contribution in [1.82, 2.24) is 20.4 Å². The molecular weight excluding hydrogens is 388 g/mol. The van der Waals surface area contributed by atoms with Crippen LogP contribution >= 0.6 is 0 Å². The van der Waals surface area contributed by atoms with Gasteiger partial charge in [-0.05, 0) is 63.3 Å². The lowest BCUT2D eigenvalue weighted by Gasteiger charge is -2.35. The molecule has 0 saturated carbocycles. The SMILES string of the molecule is CCNC(=NCc1cccc(NC(=O)N2CCCC2)c1)NCCN1CCCCC1CC. The highest BCUT2D eigenvalue weighted by Gasteiger charge is 2.20. The van der Waals surface area contributed by atoms with Crippen molar-refractivity contribution in [1.29, 1.82) is 0 Å². The lowest BCUT2D eigenvalue weighted by atomic mass is 10.0. The van der Waals surface area contributed by atoms with Gasteiger partial charge in [0.25, 0.3) is 0 Å². The molecule has 0 aromatic heterocycles. The van der Waals surface area contributed by atoms with Crippen molar-refractivity contribution in [2.24, 2.45) is 4.99 Å². The van der Waals surface area contributed by atoms with Crippen LogP contribution in [0.3, 0.4) is 0 Å². The Morgan fingerprint density at radius 2 is 1.90 bits per heavy atom. The third kappa shape index (κ3) is 7.42. The first-order valence-corrected chi connectivity index (χ1v) is 12.1. The Balaban J connectivity index is 1.50. The second-order valence-corrected chi connectivity index (χ2v) is 8.54. The minimum atomic E-state index is -0.00347. The molecule has 2 heterocycles. The molecule has 172 valence electrons. The van der Waals surface area contributed by atoms with Gasteiger partial charge in [0.15, 0.2) is 5.96 Å². The molecule has 1 aromatic carbocycles. The molecule has 0 aliphatic carbocycles. The quantitative estimate of drug-likeness (QED) is 0.437. The van der Waals surface area contributed by atoms with Crippen LogP contribution in [-0.2, 0) is 6.54 Å². The number of guanidine groups is 1. The van der Waals surface area contributed by atoms with Gasteiger partial charge in [-0.15, -0.1) is 0 Å². The van der Waals surface area contributed by atoms with E-state index in [0.717, 1.165) is 68.8 Å². The number of amides is 2. The topological polar surface area (TPSA) is 72.0 Å². The number of nitrogens with one attached hydrogen (secondary N) is 3. The summed E-state index contributed by atoms with van der Waals surface area (Å²) in [4.78, 5) is 21.6. The fourth-order valence-corrected chi connectivity index (χ4v) is 4.52. The van der Waals surface area contributed by atoms with E-state index in [1.807, 2.05) is 23.1 Å². The van der Waals surface area contributed by atoms with Crippen LogP contribution < -0.4 is 16.0 Å². The van der Waals surface area contributed by atoms with E-state index in [0.29, 0.717) is 6.54 Å². The van der Waals surface area contributed by atoms with Crippen LogP contribution in [0.2, 0.25) is 0 Å². The average Bonchev–Trinajstić information content (AvgIpc) is 3.33. The number of carbonyl (C=O) groups excluding carboxylic acids is 1. The van der Waals surface area contributed by atoms with Gasteiger partial charge in [-0.25, -0.2) is 9.79 Å². The van der Waals surface area contributed by atoms with E-state index in [9.17, 15) is 4.79 Å². The number of hydrogen-bond acceptors (Lipinski definition) is 3. The van der Waals surface area contributed by atoms with Crippen LogP contribution in [0.15, 0.2) is 29.3 Å². The molecule has 0 spiro atoms. The predicted molar refractivity (Wildman–Crippen MR) is 129 cm³/mol. The minimum Gasteiger partial charge on any atom is -0.357 e. The van der Waals surface area contributed by atoms with E-state index in [4.69, 9.17) is 4.99 Å². The Labute approximate surface area is 187 Å². The zero-order valence-electron chi connectivity index (χ0n) is 19.3. The number of piperidine rings is 1. The van der Waals surface area contributed by atoms with Gasteiger partial charge in [0.2, 0.25) is 0 Å². The standard InChI is InChI=1S/C24H40N6O/c1-3-22-12-5-6-14-29(22)17-13-26-23(25-4-2)27-19-20-10-9-11-21(18-20)28-24(31)30-15-7-8-16-30/h9-11,18,22H,3-8,12-17,19H2,1-2H3,(H,28,31)(H2,25,26,27). The number of rotatable bonds is 8. The van der Waals surface area contributed by atoms with Crippen molar-refractivity contribution in [3.63, 3.8) is 0 Å². The largest absolute Gasteiger partial charge is 0.357 e. The number of nitrogens with zero attached hydrogens (tertiary/aromatic N) is 3. The zero-order valence-corrected chi connectivity index (χ0v) is 19.3. The van der Waals surface area contributed by atoms with Gasteiger partial charge in [-0.2, -0.15) is 0 Å². The molecular formula is C24H40N6O. The van der Waals surface area contributed by atoms with Gasteiger partial charge in [0, 0.05) is 44.5 Å². The smallest absolute Gasteiger partial charge is 0.321 e. The Morgan fingerprint density at radius 1 is 1.10 bits per heavy atom. The zero-order chi connectivity index (χ0) is 21.9. The number of anilines is 1. The fraction of sp³-hybridized carbons (Fsp3) is 0.667. The first kappa shape index (κ1) is 23.4. The lowest BCUT2D eigenvalue weighted by Crippen LogP contribution is -2.45. The summed E-state index contributed by atoms with van der Waals surface area (Å²) in [5.41, 5.74) is 1.91. The van der Waals surface area contributed by atoms with Crippen molar-refractivity contribution >= 4 is 17.7 Å². The van der Waals surface area contributed by atoms with Crippen molar-refractivity contribution in [2.45, 2.75) is 65.0 Å². The Kier molecular flexibility index (Phi) is 9.46. The van der Waals surface area contributed by atoms with E-state index < -0.39 is 0 Å². The molecule has 0 bridgehead atoms. The average molecular weight is 429 g/mol. The number of carbonyl (C=O) groups is 1. The highest BCUT2D eigenvalue weighted by Crippen LogP contribution is 2.18. The van der Waals surface area contributed by atoms with E-state index in [1.54, 1.807) is 0 Å². The number of likely N-dealkylation sites (tertiary alicyclic amines) is 2. The van der Waals surface area contributed by atoms with E-state index in [1.165, 1.54) is 32.2 Å². The van der Waals surface area contributed by atoms with E-state index >= 15 is 0 Å². The third-order valence-corrected chi connectivity index (χ3v) is 6.25. The summed E-state index contributed by atoms with van der Waals surface area (Å²) in [7, 11) is 0. The van der Waals surface area contributed by atoms with Crippen LogP contribution in [0.25, 0.3) is 0 Å². The summed E-state index contributed by atoms with van der Waals surface area (Å²) in [6.07, 6.45) is 7.44. The van der Waals surface area contributed by atoms with E-state index in [2.05, 4.69) is 40.8 Å². The van der Waals surface area contributed by atoms with Crippen molar-refractivity contribution in [3.8, 4) is 0 Å². The summed E-state index contributed by atoms with van der Waals surface area (Å²) in [5, 5.41) is 9.85. The highest BCUT2D eigenvalue weighted by molar-refractivity contribution is 5.89. The molecule has 31 heavy (non-hydrogen) atoms.